The van der Waals surface area contributed by atoms with Crippen LogP contribution in [0, 0.1) is 0 Å². The normalized spacial score (nSPS) is 26.7. The van der Waals surface area contributed by atoms with Crippen LogP contribution in [0.3, 0.4) is 0 Å². The topological polar surface area (TPSA) is 20.2 Å². The molecule has 0 saturated heterocycles. The highest BCUT2D eigenvalue weighted by atomic mass is 16.3. The van der Waals surface area contributed by atoms with Gasteiger partial charge in [-0.05, 0) is 36.8 Å². The Morgan fingerprint density at radius 1 is 1.07 bits per heavy atom. The molecule has 0 heterocycles. The minimum absolute atomic E-state index is 0.256. The van der Waals surface area contributed by atoms with Crippen molar-refractivity contribution in [1.29, 1.82) is 0 Å². The van der Waals surface area contributed by atoms with Crippen molar-refractivity contribution in [2.24, 2.45) is 0 Å². The third-order valence-electron chi connectivity index (χ3n) is 3.06. The molecule has 1 atom stereocenters. The maximum atomic E-state index is 10.0. The van der Waals surface area contributed by atoms with Gasteiger partial charge in [-0.25, -0.2) is 0 Å². The highest BCUT2D eigenvalue weighted by Crippen LogP contribution is 2.31. The Balaban J connectivity index is 2.48. The lowest BCUT2D eigenvalue weighted by Crippen LogP contribution is -2.05. The molecular formula is C14H24O. The maximum absolute atomic E-state index is 10.0. The molecule has 0 radical (unpaired) electrons. The molecule has 0 aromatic rings. The second-order valence-electron chi connectivity index (χ2n) is 4.39. The van der Waals surface area contributed by atoms with Gasteiger partial charge in [0.25, 0.3) is 0 Å². The van der Waals surface area contributed by atoms with Crippen LogP contribution in [0.15, 0.2) is 23.3 Å². The molecule has 1 fully saturated rings. The lowest BCUT2D eigenvalue weighted by atomic mass is 10.1. The van der Waals surface area contributed by atoms with Gasteiger partial charge in [-0.1, -0.05) is 45.3 Å². The summed E-state index contributed by atoms with van der Waals surface area (Å²) in [6, 6.07) is 0. The summed E-state index contributed by atoms with van der Waals surface area (Å²) in [6.07, 6.45) is 12.2. The first-order chi connectivity index (χ1) is 7.29. The fraction of sp³-hybridized carbons (Fsp3) is 0.714. The molecule has 0 spiro atoms. The summed E-state index contributed by atoms with van der Waals surface area (Å²) in [5.74, 6) is 0. The molecule has 1 unspecified atom stereocenters. The molecule has 1 nitrogen and oxygen atoms in total. The van der Waals surface area contributed by atoms with Crippen LogP contribution in [-0.2, 0) is 0 Å². The van der Waals surface area contributed by atoms with Crippen molar-refractivity contribution in [3.63, 3.8) is 0 Å². The summed E-state index contributed by atoms with van der Waals surface area (Å²) in [7, 11) is 0. The van der Waals surface area contributed by atoms with Gasteiger partial charge in [-0.15, -0.1) is 0 Å². The minimum Gasteiger partial charge on any atom is -0.384 e. The molecule has 1 N–H and O–H groups in total. The van der Waals surface area contributed by atoms with Crippen molar-refractivity contribution >= 4 is 0 Å². The van der Waals surface area contributed by atoms with Crippen LogP contribution in [0.2, 0.25) is 0 Å². The molecule has 1 saturated carbocycles. The zero-order chi connectivity index (χ0) is 11.1. The van der Waals surface area contributed by atoms with Gasteiger partial charge in [0.2, 0.25) is 0 Å². The van der Waals surface area contributed by atoms with Gasteiger partial charge in [-0.3, -0.25) is 0 Å². The number of rotatable bonds is 5. The van der Waals surface area contributed by atoms with Crippen LogP contribution >= 0.6 is 0 Å². The van der Waals surface area contributed by atoms with E-state index in [2.05, 4.69) is 26.0 Å². The van der Waals surface area contributed by atoms with Crippen LogP contribution in [-0.4, -0.2) is 11.2 Å². The van der Waals surface area contributed by atoms with Gasteiger partial charge in [0, 0.05) is 0 Å². The maximum Gasteiger partial charge on any atom is 0.0961 e. The minimum atomic E-state index is -0.256. The number of aliphatic hydroxyl groups is 1. The van der Waals surface area contributed by atoms with E-state index in [4.69, 9.17) is 0 Å². The molecule has 86 valence electrons. The summed E-state index contributed by atoms with van der Waals surface area (Å²) in [4.78, 5) is 0. The molecular weight excluding hydrogens is 184 g/mol. The Hall–Kier alpha value is -0.560. The summed E-state index contributed by atoms with van der Waals surface area (Å²) in [6.45, 7) is 4.38. The van der Waals surface area contributed by atoms with E-state index in [-0.39, 0.29) is 6.10 Å². The SMILES string of the molecule is CCC/C=C1\CC/C(=C/CCCC)C1O. The molecule has 0 amide bonds. The zero-order valence-corrected chi connectivity index (χ0v) is 10.1. The smallest absolute Gasteiger partial charge is 0.0961 e. The highest BCUT2D eigenvalue weighted by Gasteiger charge is 2.22. The molecule has 0 aromatic heterocycles. The first kappa shape index (κ1) is 12.5. The second-order valence-corrected chi connectivity index (χ2v) is 4.39. The third-order valence-corrected chi connectivity index (χ3v) is 3.06. The number of allylic oxidation sites excluding steroid dienone is 2. The van der Waals surface area contributed by atoms with Gasteiger partial charge >= 0.3 is 0 Å². The van der Waals surface area contributed by atoms with E-state index in [1.165, 1.54) is 30.4 Å². The van der Waals surface area contributed by atoms with E-state index in [1.54, 1.807) is 0 Å². The monoisotopic (exact) mass is 208 g/mol. The van der Waals surface area contributed by atoms with Crippen molar-refractivity contribution in [1.82, 2.24) is 0 Å². The molecule has 1 aliphatic carbocycles. The molecule has 1 rings (SSSR count). The van der Waals surface area contributed by atoms with Crippen LogP contribution in [0.25, 0.3) is 0 Å². The van der Waals surface area contributed by atoms with Gasteiger partial charge < -0.3 is 5.11 Å². The molecule has 1 heteroatoms. The molecule has 0 bridgehead atoms. The summed E-state index contributed by atoms with van der Waals surface area (Å²) >= 11 is 0. The van der Waals surface area contributed by atoms with E-state index in [9.17, 15) is 5.11 Å². The Morgan fingerprint density at radius 3 is 2.20 bits per heavy atom. The highest BCUT2D eigenvalue weighted by molar-refractivity contribution is 5.30. The molecule has 0 aromatic carbocycles. The van der Waals surface area contributed by atoms with Crippen LogP contribution in [0.1, 0.15) is 58.8 Å². The van der Waals surface area contributed by atoms with Gasteiger partial charge in [-0.2, -0.15) is 0 Å². The Morgan fingerprint density at radius 2 is 1.67 bits per heavy atom. The zero-order valence-electron chi connectivity index (χ0n) is 10.1. The number of hydrogen-bond acceptors (Lipinski definition) is 1. The average molecular weight is 208 g/mol. The second kappa shape index (κ2) is 6.84. The summed E-state index contributed by atoms with van der Waals surface area (Å²) < 4.78 is 0. The fourth-order valence-electron chi connectivity index (χ4n) is 2.05. The third kappa shape index (κ3) is 3.83. The lowest BCUT2D eigenvalue weighted by Gasteiger charge is -2.06. The molecule has 0 aliphatic heterocycles. The van der Waals surface area contributed by atoms with Crippen molar-refractivity contribution in [2.45, 2.75) is 64.9 Å². The van der Waals surface area contributed by atoms with E-state index in [0.717, 1.165) is 25.7 Å². The van der Waals surface area contributed by atoms with Gasteiger partial charge in [0.1, 0.15) is 0 Å². The molecule has 15 heavy (non-hydrogen) atoms. The summed E-state index contributed by atoms with van der Waals surface area (Å²) in [5.41, 5.74) is 2.51. The van der Waals surface area contributed by atoms with E-state index in [0.29, 0.717) is 0 Å². The summed E-state index contributed by atoms with van der Waals surface area (Å²) in [5, 5.41) is 10.0. The first-order valence-corrected chi connectivity index (χ1v) is 6.35. The average Bonchev–Trinajstić information content (AvgIpc) is 2.58. The largest absolute Gasteiger partial charge is 0.384 e. The standard InChI is InChI=1S/C14H24O/c1-3-5-7-9-13-11-10-12(14(13)15)8-6-4-2/h8-9,14-15H,3-7,10-11H2,1-2H3/b12-8+,13-9-. The van der Waals surface area contributed by atoms with Gasteiger partial charge in [0.05, 0.1) is 6.10 Å². The quantitative estimate of drug-likeness (QED) is 0.535. The first-order valence-electron chi connectivity index (χ1n) is 6.35. The van der Waals surface area contributed by atoms with Crippen LogP contribution < -0.4 is 0 Å². The van der Waals surface area contributed by atoms with E-state index < -0.39 is 0 Å². The van der Waals surface area contributed by atoms with Crippen molar-refractivity contribution < 1.29 is 5.11 Å². The fourth-order valence-corrected chi connectivity index (χ4v) is 2.05. The van der Waals surface area contributed by atoms with E-state index in [1.807, 2.05) is 0 Å². The van der Waals surface area contributed by atoms with Crippen molar-refractivity contribution in [3.05, 3.63) is 23.3 Å². The van der Waals surface area contributed by atoms with Gasteiger partial charge in [0.15, 0.2) is 0 Å². The Bertz CT molecular complexity index is 238. The van der Waals surface area contributed by atoms with Crippen LogP contribution in [0.5, 0.6) is 0 Å². The Labute approximate surface area is 93.9 Å². The van der Waals surface area contributed by atoms with Crippen molar-refractivity contribution in [2.75, 3.05) is 0 Å². The number of unbranched alkanes of at least 4 members (excludes halogenated alkanes) is 3. The van der Waals surface area contributed by atoms with E-state index >= 15 is 0 Å². The van der Waals surface area contributed by atoms with Crippen molar-refractivity contribution in [3.8, 4) is 0 Å². The lowest BCUT2D eigenvalue weighted by molar-refractivity contribution is 0.254. The number of hydrogen-bond donors (Lipinski definition) is 1. The van der Waals surface area contributed by atoms with Crippen LogP contribution in [0.4, 0.5) is 0 Å². The predicted octanol–water partition coefficient (Wildman–Crippen LogP) is 3.98. The number of aliphatic hydroxyl groups excluding tert-OH is 1. The molecule has 1 aliphatic rings. The Kier molecular flexibility index (Phi) is 5.70. The predicted molar refractivity (Wildman–Crippen MR) is 65.8 cm³/mol.